The van der Waals surface area contributed by atoms with E-state index in [4.69, 9.17) is 0 Å². The first kappa shape index (κ1) is 17.9. The molecule has 0 atom stereocenters. The van der Waals surface area contributed by atoms with Gasteiger partial charge in [0.15, 0.2) is 0 Å². The predicted octanol–water partition coefficient (Wildman–Crippen LogP) is 3.96. The van der Waals surface area contributed by atoms with Crippen LogP contribution in [0, 0.1) is 0 Å². The number of amides is 3. The molecule has 0 aromatic carbocycles. The number of hydrogen-bond acceptors (Lipinski definition) is 2. The van der Waals surface area contributed by atoms with Crippen molar-refractivity contribution in [1.29, 1.82) is 0 Å². The zero-order valence-electron chi connectivity index (χ0n) is 12.2. The van der Waals surface area contributed by atoms with Gasteiger partial charge < -0.3 is 0 Å². The fourth-order valence-corrected chi connectivity index (χ4v) is 1.87. The summed E-state index contributed by atoms with van der Waals surface area (Å²) < 4.78 is 13.1. The van der Waals surface area contributed by atoms with Crippen LogP contribution in [0.15, 0.2) is 0 Å². The number of unbranched alkanes of at least 4 members (excludes halogenated alkanes) is 8. The van der Waals surface area contributed by atoms with Crippen molar-refractivity contribution < 1.29 is 14.1 Å². The average molecular weight is 274 g/mol. The van der Waals surface area contributed by atoms with Crippen molar-refractivity contribution in [3.05, 3.63) is 0 Å². The third-order valence-corrected chi connectivity index (χ3v) is 2.96. The van der Waals surface area contributed by atoms with Crippen molar-refractivity contribution in [2.75, 3.05) is 6.54 Å². The summed E-state index contributed by atoms with van der Waals surface area (Å²) >= 11 is 0. The molecule has 0 saturated heterocycles. The highest BCUT2D eigenvalue weighted by Gasteiger charge is 2.12. The van der Waals surface area contributed by atoms with Gasteiger partial charge in [-0.3, -0.25) is 10.1 Å². The summed E-state index contributed by atoms with van der Waals surface area (Å²) in [6.45, 7) is 3.43. The highest BCUT2D eigenvalue weighted by molar-refractivity contribution is 5.92. The number of nitrogens with zero attached hydrogens (tertiary/aromatic N) is 1. The van der Waals surface area contributed by atoms with Gasteiger partial charge in [0.2, 0.25) is 5.91 Å². The summed E-state index contributed by atoms with van der Waals surface area (Å²) in [5.74, 6) is -0.542. The molecule has 112 valence electrons. The molecular weight excluding hydrogens is 247 g/mol. The second kappa shape index (κ2) is 11.9. The van der Waals surface area contributed by atoms with Crippen LogP contribution in [-0.4, -0.2) is 23.6 Å². The first-order valence-corrected chi connectivity index (χ1v) is 7.32. The van der Waals surface area contributed by atoms with E-state index in [1.54, 1.807) is 0 Å². The van der Waals surface area contributed by atoms with E-state index >= 15 is 0 Å². The monoisotopic (exact) mass is 274 g/mol. The molecule has 5 heteroatoms. The lowest BCUT2D eigenvalue weighted by molar-refractivity contribution is -0.118. The smallest absolute Gasteiger partial charge is 0.276 e. The summed E-state index contributed by atoms with van der Waals surface area (Å²) in [4.78, 5) is 21.6. The number of halogens is 1. The van der Waals surface area contributed by atoms with Crippen LogP contribution in [0.25, 0.3) is 0 Å². The second-order valence-corrected chi connectivity index (χ2v) is 4.90. The quantitative estimate of drug-likeness (QED) is 0.484. The van der Waals surface area contributed by atoms with Crippen molar-refractivity contribution in [3.63, 3.8) is 0 Å². The SMILES string of the molecule is CCCCCCCCCCCN(F)C(=O)NC(C)=O. The Balaban J connectivity index is 3.34. The van der Waals surface area contributed by atoms with Gasteiger partial charge in [-0.2, -0.15) is 5.12 Å². The molecule has 3 amide bonds. The van der Waals surface area contributed by atoms with E-state index in [0.717, 1.165) is 12.8 Å². The Morgan fingerprint density at radius 1 is 0.947 bits per heavy atom. The maximum atomic E-state index is 13.1. The van der Waals surface area contributed by atoms with Crippen LogP contribution in [0.1, 0.15) is 71.6 Å². The van der Waals surface area contributed by atoms with Gasteiger partial charge in [-0.1, -0.05) is 62.8 Å². The van der Waals surface area contributed by atoms with E-state index in [2.05, 4.69) is 6.92 Å². The summed E-state index contributed by atoms with van der Waals surface area (Å²) in [6.07, 6.45) is 10.2. The largest absolute Gasteiger partial charge is 0.352 e. The number of urea groups is 1. The molecule has 19 heavy (non-hydrogen) atoms. The van der Waals surface area contributed by atoms with Crippen LogP contribution >= 0.6 is 0 Å². The van der Waals surface area contributed by atoms with Crippen molar-refractivity contribution >= 4 is 11.9 Å². The van der Waals surface area contributed by atoms with Crippen molar-refractivity contribution in [2.24, 2.45) is 0 Å². The fourth-order valence-electron chi connectivity index (χ4n) is 1.87. The Hall–Kier alpha value is -1.13. The van der Waals surface area contributed by atoms with E-state index in [0.29, 0.717) is 6.42 Å². The van der Waals surface area contributed by atoms with Crippen molar-refractivity contribution in [3.8, 4) is 0 Å². The molecule has 0 aliphatic heterocycles. The average Bonchev–Trinajstić information content (AvgIpc) is 2.35. The Morgan fingerprint density at radius 3 is 1.89 bits per heavy atom. The molecule has 0 radical (unpaired) electrons. The summed E-state index contributed by atoms with van der Waals surface area (Å²) in [6, 6.07) is -0.966. The van der Waals surface area contributed by atoms with Crippen LogP contribution < -0.4 is 5.32 Å². The molecule has 0 rings (SSSR count). The molecular formula is C14H27FN2O2. The molecule has 1 N–H and O–H groups in total. The molecule has 0 aliphatic carbocycles. The van der Waals surface area contributed by atoms with Gasteiger partial charge in [0.05, 0.1) is 6.54 Å². The number of imide groups is 1. The van der Waals surface area contributed by atoms with E-state index in [-0.39, 0.29) is 11.7 Å². The van der Waals surface area contributed by atoms with E-state index in [1.165, 1.54) is 45.4 Å². The lowest BCUT2D eigenvalue weighted by atomic mass is 10.1. The van der Waals surface area contributed by atoms with Crippen molar-refractivity contribution in [1.82, 2.24) is 10.4 Å². The van der Waals surface area contributed by atoms with Gasteiger partial charge in [0, 0.05) is 6.92 Å². The maximum Gasteiger partial charge on any atom is 0.352 e. The van der Waals surface area contributed by atoms with Crippen LogP contribution in [0.5, 0.6) is 0 Å². The Labute approximate surface area is 115 Å². The number of carbonyl (C=O) groups is 2. The lowest BCUT2D eigenvalue weighted by Crippen LogP contribution is -2.37. The summed E-state index contributed by atoms with van der Waals surface area (Å²) in [5, 5.41) is 1.97. The summed E-state index contributed by atoms with van der Waals surface area (Å²) in [7, 11) is 0. The fraction of sp³-hybridized carbons (Fsp3) is 0.857. The Morgan fingerprint density at radius 2 is 1.42 bits per heavy atom. The number of rotatable bonds is 10. The normalized spacial score (nSPS) is 10.3. The molecule has 4 nitrogen and oxygen atoms in total. The molecule has 0 aromatic heterocycles. The first-order valence-electron chi connectivity index (χ1n) is 7.32. The third kappa shape index (κ3) is 11.7. The topological polar surface area (TPSA) is 49.4 Å². The molecule has 0 bridgehead atoms. The standard InChI is InChI=1S/C14H27FN2O2/c1-3-4-5-6-7-8-9-10-11-12-17(15)14(19)16-13(2)18/h3-12H2,1-2H3,(H,16,18,19). The van der Waals surface area contributed by atoms with Crippen molar-refractivity contribution in [2.45, 2.75) is 71.6 Å². The van der Waals surface area contributed by atoms with E-state index in [1.807, 2.05) is 5.32 Å². The predicted molar refractivity (Wildman–Crippen MR) is 74.3 cm³/mol. The first-order chi connectivity index (χ1) is 9.07. The van der Waals surface area contributed by atoms with Gasteiger partial charge in [-0.15, -0.1) is 0 Å². The van der Waals surface area contributed by atoms with E-state index < -0.39 is 11.9 Å². The molecule has 0 unspecified atom stereocenters. The van der Waals surface area contributed by atoms with Crippen LogP contribution in [0.2, 0.25) is 0 Å². The summed E-state index contributed by atoms with van der Waals surface area (Å²) in [5.41, 5.74) is 0. The van der Waals surface area contributed by atoms with Crippen LogP contribution in [-0.2, 0) is 4.79 Å². The van der Waals surface area contributed by atoms with Gasteiger partial charge in [-0.05, 0) is 6.42 Å². The van der Waals surface area contributed by atoms with Gasteiger partial charge in [0.25, 0.3) is 0 Å². The molecule has 0 heterocycles. The molecule has 0 spiro atoms. The van der Waals surface area contributed by atoms with Gasteiger partial charge >= 0.3 is 6.03 Å². The Kier molecular flexibility index (Phi) is 11.2. The van der Waals surface area contributed by atoms with Gasteiger partial charge in [-0.25, -0.2) is 4.79 Å². The number of carbonyl (C=O) groups excluding carboxylic acids is 2. The zero-order valence-corrected chi connectivity index (χ0v) is 12.2. The number of hydrogen-bond donors (Lipinski definition) is 1. The minimum Gasteiger partial charge on any atom is -0.276 e. The maximum absolute atomic E-state index is 13.1. The lowest BCUT2D eigenvalue weighted by Gasteiger charge is -2.11. The van der Waals surface area contributed by atoms with Crippen LogP contribution in [0.4, 0.5) is 9.28 Å². The van der Waals surface area contributed by atoms with Crippen LogP contribution in [0.3, 0.4) is 0 Å². The third-order valence-electron chi connectivity index (χ3n) is 2.96. The highest BCUT2D eigenvalue weighted by atomic mass is 19.2. The minimum atomic E-state index is -0.966. The molecule has 0 aromatic rings. The molecule has 0 aliphatic rings. The molecule has 0 fully saturated rings. The molecule has 0 saturated carbocycles. The number of nitrogens with one attached hydrogen (secondary N) is 1. The van der Waals surface area contributed by atoms with Gasteiger partial charge in [0.1, 0.15) is 0 Å². The zero-order chi connectivity index (χ0) is 14.5. The highest BCUT2D eigenvalue weighted by Crippen LogP contribution is 2.10. The minimum absolute atomic E-state index is 0.0505. The van der Waals surface area contributed by atoms with E-state index in [9.17, 15) is 14.1 Å². The Bertz CT molecular complexity index is 260. The second-order valence-electron chi connectivity index (χ2n) is 4.90.